The van der Waals surface area contributed by atoms with Crippen molar-refractivity contribution in [1.82, 2.24) is 16.0 Å². The lowest BCUT2D eigenvalue weighted by molar-refractivity contribution is 0.373. The molecule has 0 radical (unpaired) electrons. The summed E-state index contributed by atoms with van der Waals surface area (Å²) in [5, 5.41) is 8.90. The fourth-order valence-corrected chi connectivity index (χ4v) is 1.84. The fourth-order valence-electron chi connectivity index (χ4n) is 0.593. The zero-order chi connectivity index (χ0) is 6.85. The molecule has 6 heteroatoms. The van der Waals surface area contributed by atoms with E-state index >= 15 is 0 Å². The van der Waals surface area contributed by atoms with Crippen LogP contribution in [0.4, 0.5) is 0 Å². The smallest absolute Gasteiger partial charge is 0.106 e. The molecule has 1 saturated heterocycles. The Balaban J connectivity index is 2.34. The quantitative estimate of drug-likeness (QED) is 0.284. The number of hydrogen-bond donors (Lipinski definition) is 6. The minimum Gasteiger partial charge on any atom is -0.269 e. The van der Waals surface area contributed by atoms with E-state index in [0.717, 1.165) is 0 Å². The Bertz CT molecular complexity index is 75.3. The van der Waals surface area contributed by atoms with E-state index in [2.05, 4.69) is 53.8 Å². The van der Waals surface area contributed by atoms with Crippen molar-refractivity contribution in [3.63, 3.8) is 0 Å². The van der Waals surface area contributed by atoms with Crippen molar-refractivity contribution < 1.29 is 0 Å². The molecular formula is C3H9N3S3. The number of thiol groups is 3. The molecule has 0 aromatic heterocycles. The third kappa shape index (κ3) is 2.57. The van der Waals surface area contributed by atoms with E-state index in [9.17, 15) is 0 Å². The van der Waals surface area contributed by atoms with Gasteiger partial charge in [-0.15, -0.1) is 37.9 Å². The molecule has 0 saturated carbocycles. The average molecular weight is 183 g/mol. The second-order valence-electron chi connectivity index (χ2n) is 1.71. The van der Waals surface area contributed by atoms with Gasteiger partial charge in [-0.3, -0.25) is 16.0 Å². The average Bonchev–Trinajstić information content (AvgIpc) is 1.59. The molecule has 54 valence electrons. The third-order valence-corrected chi connectivity index (χ3v) is 1.84. The van der Waals surface area contributed by atoms with E-state index in [1.807, 2.05) is 0 Å². The van der Waals surface area contributed by atoms with Gasteiger partial charge in [-0.05, 0) is 0 Å². The molecule has 0 bridgehead atoms. The minimum atomic E-state index is -0.0313. The first kappa shape index (κ1) is 8.03. The van der Waals surface area contributed by atoms with Gasteiger partial charge < -0.3 is 0 Å². The lowest BCUT2D eigenvalue weighted by atomic mass is 10.7. The molecule has 0 aromatic carbocycles. The molecular weight excluding hydrogens is 174 g/mol. The van der Waals surface area contributed by atoms with E-state index < -0.39 is 0 Å². The first-order valence-corrected chi connectivity index (χ1v) is 4.06. The topological polar surface area (TPSA) is 36.1 Å². The number of rotatable bonds is 0. The highest BCUT2D eigenvalue weighted by atomic mass is 32.1. The van der Waals surface area contributed by atoms with Gasteiger partial charge in [-0.2, -0.15) is 0 Å². The van der Waals surface area contributed by atoms with Crippen LogP contribution in [0.3, 0.4) is 0 Å². The summed E-state index contributed by atoms with van der Waals surface area (Å²) in [7, 11) is 0. The van der Waals surface area contributed by atoms with E-state index in [0.29, 0.717) is 0 Å². The first-order chi connectivity index (χ1) is 4.18. The van der Waals surface area contributed by atoms with Gasteiger partial charge in [0.05, 0.1) is 0 Å². The standard InChI is InChI=1S/C3H9N3S3/c7-1-4-2(8)6-3(9)5-1/h1-9H. The molecule has 3 N–H and O–H groups in total. The van der Waals surface area contributed by atoms with Gasteiger partial charge in [-0.25, -0.2) is 0 Å². The molecule has 0 amide bonds. The zero-order valence-electron chi connectivity index (χ0n) is 4.57. The highest BCUT2D eigenvalue weighted by Gasteiger charge is 2.18. The predicted octanol–water partition coefficient (Wildman–Crippen LogP) is -0.591. The van der Waals surface area contributed by atoms with Crippen molar-refractivity contribution >= 4 is 37.9 Å². The Morgan fingerprint density at radius 2 is 0.889 bits per heavy atom. The van der Waals surface area contributed by atoms with Crippen LogP contribution in [0.25, 0.3) is 0 Å². The molecule has 0 aromatic rings. The molecule has 1 aliphatic heterocycles. The summed E-state index contributed by atoms with van der Waals surface area (Å²) < 4.78 is 0. The summed E-state index contributed by atoms with van der Waals surface area (Å²) >= 11 is 12.4. The third-order valence-electron chi connectivity index (χ3n) is 0.947. The van der Waals surface area contributed by atoms with Crippen LogP contribution in [0.1, 0.15) is 0 Å². The lowest BCUT2D eigenvalue weighted by Gasteiger charge is -2.31. The van der Waals surface area contributed by atoms with Crippen molar-refractivity contribution in [3.05, 3.63) is 0 Å². The predicted molar refractivity (Wildman–Crippen MR) is 47.7 cm³/mol. The molecule has 9 heavy (non-hydrogen) atoms. The van der Waals surface area contributed by atoms with Gasteiger partial charge in [0.15, 0.2) is 0 Å². The van der Waals surface area contributed by atoms with Crippen LogP contribution in [0.2, 0.25) is 0 Å². The van der Waals surface area contributed by atoms with Gasteiger partial charge in [-0.1, -0.05) is 0 Å². The van der Waals surface area contributed by atoms with Crippen molar-refractivity contribution in [2.45, 2.75) is 16.5 Å². The van der Waals surface area contributed by atoms with E-state index in [-0.39, 0.29) is 16.5 Å². The van der Waals surface area contributed by atoms with Gasteiger partial charge in [0.25, 0.3) is 0 Å². The van der Waals surface area contributed by atoms with E-state index in [1.54, 1.807) is 0 Å². The van der Waals surface area contributed by atoms with Crippen LogP contribution in [-0.4, -0.2) is 16.5 Å². The van der Waals surface area contributed by atoms with Gasteiger partial charge in [0, 0.05) is 0 Å². The SMILES string of the molecule is SC1NC(S)NC(S)N1. The molecule has 1 rings (SSSR count). The minimum absolute atomic E-state index is 0.0313. The van der Waals surface area contributed by atoms with Crippen LogP contribution in [0, 0.1) is 0 Å². The molecule has 1 fully saturated rings. The van der Waals surface area contributed by atoms with Crippen LogP contribution in [-0.2, 0) is 0 Å². The van der Waals surface area contributed by atoms with Crippen LogP contribution in [0.15, 0.2) is 0 Å². The monoisotopic (exact) mass is 183 g/mol. The number of nitrogens with one attached hydrogen (secondary N) is 3. The maximum atomic E-state index is 4.12. The van der Waals surface area contributed by atoms with Gasteiger partial charge in [0.1, 0.15) is 16.5 Å². The summed E-state index contributed by atoms with van der Waals surface area (Å²) in [4.78, 5) is 0. The van der Waals surface area contributed by atoms with Crippen molar-refractivity contribution in [3.8, 4) is 0 Å². The van der Waals surface area contributed by atoms with E-state index in [4.69, 9.17) is 0 Å². The highest BCUT2D eigenvalue weighted by molar-refractivity contribution is 7.82. The molecule has 0 spiro atoms. The van der Waals surface area contributed by atoms with E-state index in [1.165, 1.54) is 0 Å². The summed E-state index contributed by atoms with van der Waals surface area (Å²) in [6.07, 6.45) is 0. The first-order valence-electron chi connectivity index (χ1n) is 2.51. The molecule has 0 aliphatic carbocycles. The highest BCUT2D eigenvalue weighted by Crippen LogP contribution is 2.01. The van der Waals surface area contributed by atoms with Gasteiger partial charge in [0.2, 0.25) is 0 Å². The van der Waals surface area contributed by atoms with Gasteiger partial charge >= 0.3 is 0 Å². The molecule has 3 nitrogen and oxygen atoms in total. The van der Waals surface area contributed by atoms with Crippen LogP contribution < -0.4 is 16.0 Å². The summed E-state index contributed by atoms with van der Waals surface area (Å²) in [6, 6.07) is 0. The fraction of sp³-hybridized carbons (Fsp3) is 1.00. The zero-order valence-corrected chi connectivity index (χ0v) is 7.26. The Morgan fingerprint density at radius 3 is 1.11 bits per heavy atom. The Kier molecular flexibility index (Phi) is 3.00. The summed E-state index contributed by atoms with van der Waals surface area (Å²) in [5.41, 5.74) is -0.0938. The Morgan fingerprint density at radius 1 is 0.667 bits per heavy atom. The second kappa shape index (κ2) is 3.36. The molecule has 1 heterocycles. The Hall–Kier alpha value is 0.930. The van der Waals surface area contributed by atoms with Crippen LogP contribution in [0.5, 0.6) is 0 Å². The summed E-state index contributed by atoms with van der Waals surface area (Å²) in [6.45, 7) is 0. The van der Waals surface area contributed by atoms with Crippen molar-refractivity contribution in [2.75, 3.05) is 0 Å². The maximum absolute atomic E-state index is 4.12. The van der Waals surface area contributed by atoms with Crippen molar-refractivity contribution in [1.29, 1.82) is 0 Å². The normalized spacial score (nSPS) is 45.0. The molecule has 1 aliphatic rings. The second-order valence-corrected chi connectivity index (χ2v) is 3.26. The van der Waals surface area contributed by atoms with Crippen LogP contribution >= 0.6 is 37.9 Å². The lowest BCUT2D eigenvalue weighted by Crippen LogP contribution is -2.61. The van der Waals surface area contributed by atoms with Crippen molar-refractivity contribution in [2.24, 2.45) is 0 Å². The molecule has 0 unspecified atom stereocenters. The molecule has 0 atom stereocenters. The largest absolute Gasteiger partial charge is 0.269 e. The number of hydrogen-bond acceptors (Lipinski definition) is 6. The Labute approximate surface area is 70.6 Å². The maximum Gasteiger partial charge on any atom is 0.106 e. The summed E-state index contributed by atoms with van der Waals surface area (Å²) in [5.74, 6) is 0.